The standard InChI is InChI=1S/C14H20F2N2/c1-3-14(4-2)7-8-18(9-14)13-11(17)6-5-10(15)12(13)16/h5-6H,3-4,7-9,17H2,1-2H3. The highest BCUT2D eigenvalue weighted by atomic mass is 19.2. The number of hydrogen-bond donors (Lipinski definition) is 1. The van der Waals surface area contributed by atoms with Crippen molar-refractivity contribution in [2.45, 2.75) is 33.1 Å². The lowest BCUT2D eigenvalue weighted by Crippen LogP contribution is -2.27. The molecule has 18 heavy (non-hydrogen) atoms. The third-order valence-corrected chi connectivity index (χ3v) is 4.35. The number of nitrogen functional groups attached to an aromatic ring is 1. The van der Waals surface area contributed by atoms with Crippen LogP contribution in [0.15, 0.2) is 12.1 Å². The number of anilines is 2. The molecule has 2 rings (SSSR count). The van der Waals surface area contributed by atoms with Crippen molar-refractivity contribution >= 4 is 11.4 Å². The number of halogens is 2. The Bertz CT molecular complexity index is 442. The Morgan fingerprint density at radius 2 is 1.94 bits per heavy atom. The van der Waals surface area contributed by atoms with Gasteiger partial charge in [0.15, 0.2) is 11.6 Å². The van der Waals surface area contributed by atoms with Gasteiger partial charge in [0.1, 0.15) is 0 Å². The normalized spacial score (nSPS) is 18.3. The molecule has 0 saturated carbocycles. The van der Waals surface area contributed by atoms with Crippen LogP contribution in [0.3, 0.4) is 0 Å². The minimum Gasteiger partial charge on any atom is -0.397 e. The molecule has 1 aromatic rings. The van der Waals surface area contributed by atoms with Crippen molar-refractivity contribution in [1.29, 1.82) is 0 Å². The smallest absolute Gasteiger partial charge is 0.184 e. The van der Waals surface area contributed by atoms with Gasteiger partial charge in [-0.2, -0.15) is 0 Å². The molecule has 1 aromatic carbocycles. The summed E-state index contributed by atoms with van der Waals surface area (Å²) in [6.07, 6.45) is 3.11. The first kappa shape index (κ1) is 13.1. The molecule has 0 aromatic heterocycles. The van der Waals surface area contributed by atoms with Gasteiger partial charge >= 0.3 is 0 Å². The van der Waals surface area contributed by atoms with Gasteiger partial charge in [0.05, 0.1) is 11.4 Å². The van der Waals surface area contributed by atoms with Gasteiger partial charge in [0.2, 0.25) is 0 Å². The van der Waals surface area contributed by atoms with Crippen molar-refractivity contribution in [1.82, 2.24) is 0 Å². The Hall–Kier alpha value is -1.32. The lowest BCUT2D eigenvalue weighted by molar-refractivity contribution is 0.301. The van der Waals surface area contributed by atoms with E-state index in [2.05, 4.69) is 13.8 Å². The average Bonchev–Trinajstić information content (AvgIpc) is 2.79. The van der Waals surface area contributed by atoms with Crippen LogP contribution in [0.4, 0.5) is 20.2 Å². The predicted octanol–water partition coefficient (Wildman–Crippen LogP) is 3.56. The zero-order chi connectivity index (χ0) is 13.3. The van der Waals surface area contributed by atoms with Gasteiger partial charge in [-0.3, -0.25) is 0 Å². The molecule has 1 aliphatic rings. The molecule has 0 radical (unpaired) electrons. The van der Waals surface area contributed by atoms with Gasteiger partial charge < -0.3 is 10.6 Å². The fourth-order valence-electron chi connectivity index (χ4n) is 2.83. The zero-order valence-corrected chi connectivity index (χ0v) is 11.0. The summed E-state index contributed by atoms with van der Waals surface area (Å²) in [7, 11) is 0. The van der Waals surface area contributed by atoms with E-state index in [1.54, 1.807) is 0 Å². The molecule has 2 N–H and O–H groups in total. The van der Waals surface area contributed by atoms with E-state index < -0.39 is 11.6 Å². The highest BCUT2D eigenvalue weighted by Crippen LogP contribution is 2.41. The minimum absolute atomic E-state index is 0.213. The highest BCUT2D eigenvalue weighted by Gasteiger charge is 2.36. The maximum absolute atomic E-state index is 13.9. The maximum Gasteiger partial charge on any atom is 0.184 e. The fourth-order valence-corrected chi connectivity index (χ4v) is 2.83. The molecule has 1 saturated heterocycles. The summed E-state index contributed by atoms with van der Waals surface area (Å²) in [5.74, 6) is -1.65. The third kappa shape index (κ3) is 2.04. The molecule has 0 bridgehead atoms. The molecule has 0 unspecified atom stereocenters. The summed E-state index contributed by atoms with van der Waals surface area (Å²) in [5, 5.41) is 0. The molecule has 100 valence electrons. The topological polar surface area (TPSA) is 29.3 Å². The Balaban J connectivity index is 2.32. The van der Waals surface area contributed by atoms with E-state index in [1.165, 1.54) is 6.07 Å². The van der Waals surface area contributed by atoms with Crippen molar-refractivity contribution in [2.24, 2.45) is 5.41 Å². The van der Waals surface area contributed by atoms with Gasteiger partial charge in [-0.25, -0.2) is 8.78 Å². The number of rotatable bonds is 3. The van der Waals surface area contributed by atoms with Gasteiger partial charge in [-0.15, -0.1) is 0 Å². The molecular weight excluding hydrogens is 234 g/mol. The van der Waals surface area contributed by atoms with Gasteiger partial charge in [-0.05, 0) is 36.8 Å². The summed E-state index contributed by atoms with van der Waals surface area (Å²) >= 11 is 0. The monoisotopic (exact) mass is 254 g/mol. The summed E-state index contributed by atoms with van der Waals surface area (Å²) in [4.78, 5) is 1.89. The molecule has 4 heteroatoms. The lowest BCUT2D eigenvalue weighted by Gasteiger charge is -2.28. The van der Waals surface area contributed by atoms with Crippen molar-refractivity contribution in [2.75, 3.05) is 23.7 Å². The first-order valence-corrected chi connectivity index (χ1v) is 6.51. The van der Waals surface area contributed by atoms with E-state index in [0.29, 0.717) is 5.69 Å². The third-order valence-electron chi connectivity index (χ3n) is 4.35. The zero-order valence-electron chi connectivity index (χ0n) is 11.0. The minimum atomic E-state index is -0.829. The molecule has 0 spiro atoms. The van der Waals surface area contributed by atoms with Crippen LogP contribution in [-0.2, 0) is 0 Å². The molecule has 1 heterocycles. The largest absolute Gasteiger partial charge is 0.397 e. The fraction of sp³-hybridized carbons (Fsp3) is 0.571. The van der Waals surface area contributed by atoms with Crippen LogP contribution in [0.5, 0.6) is 0 Å². The van der Waals surface area contributed by atoms with Crippen LogP contribution >= 0.6 is 0 Å². The number of nitrogens with zero attached hydrogens (tertiary/aromatic N) is 1. The Labute approximate surface area is 107 Å². The van der Waals surface area contributed by atoms with E-state index in [1.807, 2.05) is 4.90 Å². The van der Waals surface area contributed by atoms with Crippen LogP contribution < -0.4 is 10.6 Å². The first-order chi connectivity index (χ1) is 8.53. The Morgan fingerprint density at radius 3 is 2.50 bits per heavy atom. The second kappa shape index (κ2) is 4.75. The van der Waals surface area contributed by atoms with Crippen LogP contribution in [0.2, 0.25) is 0 Å². The van der Waals surface area contributed by atoms with Crippen LogP contribution in [0.1, 0.15) is 33.1 Å². The molecule has 1 fully saturated rings. The van der Waals surface area contributed by atoms with E-state index in [4.69, 9.17) is 5.73 Å². The first-order valence-electron chi connectivity index (χ1n) is 6.51. The van der Waals surface area contributed by atoms with E-state index in [9.17, 15) is 8.78 Å². The highest BCUT2D eigenvalue weighted by molar-refractivity contribution is 5.69. The number of benzene rings is 1. The lowest BCUT2D eigenvalue weighted by atomic mass is 9.82. The molecule has 0 aliphatic carbocycles. The van der Waals surface area contributed by atoms with Crippen molar-refractivity contribution < 1.29 is 8.78 Å². The van der Waals surface area contributed by atoms with Crippen molar-refractivity contribution in [3.63, 3.8) is 0 Å². The number of nitrogens with two attached hydrogens (primary N) is 1. The Kier molecular flexibility index (Phi) is 3.46. The van der Waals surface area contributed by atoms with Crippen LogP contribution in [0, 0.1) is 17.0 Å². The summed E-state index contributed by atoms with van der Waals surface area (Å²) in [6.45, 7) is 5.80. The molecule has 2 nitrogen and oxygen atoms in total. The summed E-state index contributed by atoms with van der Waals surface area (Å²) < 4.78 is 27.2. The van der Waals surface area contributed by atoms with E-state index >= 15 is 0 Å². The number of hydrogen-bond acceptors (Lipinski definition) is 2. The SMILES string of the molecule is CCC1(CC)CCN(c2c(N)ccc(F)c2F)C1. The molecule has 0 amide bonds. The van der Waals surface area contributed by atoms with Gasteiger partial charge in [0.25, 0.3) is 0 Å². The second-order valence-electron chi connectivity index (χ2n) is 5.18. The van der Waals surface area contributed by atoms with Crippen LogP contribution in [-0.4, -0.2) is 13.1 Å². The second-order valence-corrected chi connectivity index (χ2v) is 5.18. The maximum atomic E-state index is 13.9. The Morgan fingerprint density at radius 1 is 1.28 bits per heavy atom. The summed E-state index contributed by atoms with van der Waals surface area (Å²) in [5.41, 5.74) is 6.56. The summed E-state index contributed by atoms with van der Waals surface area (Å²) in [6, 6.07) is 2.52. The molecular formula is C14H20F2N2. The van der Waals surface area contributed by atoms with E-state index in [-0.39, 0.29) is 11.1 Å². The predicted molar refractivity (Wildman–Crippen MR) is 70.6 cm³/mol. The average molecular weight is 254 g/mol. The van der Waals surface area contributed by atoms with Crippen molar-refractivity contribution in [3.05, 3.63) is 23.8 Å². The van der Waals surface area contributed by atoms with Crippen LogP contribution in [0.25, 0.3) is 0 Å². The molecule has 1 aliphatic heterocycles. The quantitative estimate of drug-likeness (QED) is 0.836. The van der Waals surface area contributed by atoms with Gasteiger partial charge in [0, 0.05) is 13.1 Å². The molecule has 0 atom stereocenters. The van der Waals surface area contributed by atoms with Crippen molar-refractivity contribution in [3.8, 4) is 0 Å². The van der Waals surface area contributed by atoms with E-state index in [0.717, 1.165) is 38.4 Å². The van der Waals surface area contributed by atoms with Gasteiger partial charge in [-0.1, -0.05) is 13.8 Å².